The first-order valence-corrected chi connectivity index (χ1v) is 5.29. The quantitative estimate of drug-likeness (QED) is 0.828. The van der Waals surface area contributed by atoms with Gasteiger partial charge in [-0.2, -0.15) is 0 Å². The minimum absolute atomic E-state index is 0.657. The van der Waals surface area contributed by atoms with E-state index in [1.54, 1.807) is 16.9 Å². The summed E-state index contributed by atoms with van der Waals surface area (Å²) in [5.41, 5.74) is 1.07. The highest BCUT2D eigenvalue weighted by Gasteiger charge is 2.01. The first kappa shape index (κ1) is 10.5. The van der Waals surface area contributed by atoms with Gasteiger partial charge in [-0.1, -0.05) is 34.5 Å². The summed E-state index contributed by atoms with van der Waals surface area (Å²) in [7, 11) is 0. The Morgan fingerprint density at radius 1 is 1.27 bits per heavy atom. The van der Waals surface area contributed by atoms with Crippen molar-refractivity contribution in [1.29, 1.82) is 0 Å². The molecule has 0 radical (unpaired) electrons. The van der Waals surface area contributed by atoms with Crippen LogP contribution in [0.4, 0.5) is 0 Å². The summed E-state index contributed by atoms with van der Waals surface area (Å²) in [6.45, 7) is 0.765. The van der Waals surface area contributed by atoms with Crippen LogP contribution in [-0.2, 0) is 13.0 Å². The monoisotopic (exact) mass is 241 g/mol. The fraction of sp³-hybridized carbons (Fsp3) is 0.200. The molecule has 0 spiro atoms. The molecule has 0 atom stereocenters. The van der Waals surface area contributed by atoms with Crippen molar-refractivity contribution in [3.8, 4) is 0 Å². The van der Waals surface area contributed by atoms with Gasteiger partial charge < -0.3 is 0 Å². The molecule has 1 aromatic heterocycles. The molecule has 0 aliphatic carbocycles. The van der Waals surface area contributed by atoms with Crippen molar-refractivity contribution in [3.05, 3.63) is 46.2 Å². The highest BCUT2D eigenvalue weighted by Crippen LogP contribution is 2.21. The molecule has 0 aliphatic rings. The first-order chi connectivity index (χ1) is 7.25. The van der Waals surface area contributed by atoms with Gasteiger partial charge in [0, 0.05) is 22.8 Å². The molecular weight excluding hydrogens is 233 g/mol. The second kappa shape index (κ2) is 4.64. The lowest BCUT2D eigenvalue weighted by atomic mass is 10.1. The van der Waals surface area contributed by atoms with E-state index in [1.807, 2.05) is 18.3 Å². The maximum Gasteiger partial charge on any atom is 0.0692 e. The van der Waals surface area contributed by atoms with Crippen LogP contribution >= 0.6 is 23.2 Å². The minimum atomic E-state index is 0.657. The fourth-order valence-corrected chi connectivity index (χ4v) is 1.81. The zero-order chi connectivity index (χ0) is 10.7. The summed E-state index contributed by atoms with van der Waals surface area (Å²) in [5, 5.41) is 8.96. The van der Waals surface area contributed by atoms with Gasteiger partial charge >= 0.3 is 0 Å². The van der Waals surface area contributed by atoms with Crippen LogP contribution in [0.2, 0.25) is 10.0 Å². The average molecular weight is 242 g/mol. The van der Waals surface area contributed by atoms with Gasteiger partial charge in [0.05, 0.1) is 6.20 Å². The molecule has 0 N–H and O–H groups in total. The maximum atomic E-state index is 6.04. The van der Waals surface area contributed by atoms with Crippen LogP contribution in [0.3, 0.4) is 0 Å². The van der Waals surface area contributed by atoms with E-state index in [0.29, 0.717) is 10.0 Å². The van der Waals surface area contributed by atoms with Crippen molar-refractivity contribution in [2.24, 2.45) is 0 Å². The summed E-state index contributed by atoms with van der Waals surface area (Å²) < 4.78 is 1.77. The Morgan fingerprint density at radius 2 is 2.13 bits per heavy atom. The second-order valence-corrected chi connectivity index (χ2v) is 4.00. The van der Waals surface area contributed by atoms with Crippen LogP contribution in [0.15, 0.2) is 30.6 Å². The molecule has 0 saturated carbocycles. The summed E-state index contributed by atoms with van der Waals surface area (Å²) in [5.74, 6) is 0. The third-order valence-electron chi connectivity index (χ3n) is 2.10. The summed E-state index contributed by atoms with van der Waals surface area (Å²) >= 11 is 11.8. The molecule has 78 valence electrons. The molecule has 3 nitrogen and oxygen atoms in total. The highest BCUT2D eigenvalue weighted by atomic mass is 35.5. The highest BCUT2D eigenvalue weighted by molar-refractivity contribution is 6.35. The third kappa shape index (κ3) is 2.70. The van der Waals surface area contributed by atoms with E-state index in [2.05, 4.69) is 10.3 Å². The van der Waals surface area contributed by atoms with E-state index in [4.69, 9.17) is 23.2 Å². The first-order valence-electron chi connectivity index (χ1n) is 4.54. The molecule has 0 unspecified atom stereocenters. The Kier molecular flexibility index (Phi) is 3.23. The van der Waals surface area contributed by atoms with E-state index >= 15 is 0 Å². The number of rotatable bonds is 3. The van der Waals surface area contributed by atoms with Crippen molar-refractivity contribution < 1.29 is 0 Å². The molecule has 2 rings (SSSR count). The standard InChI is InChI=1S/C10H9Cl2N3/c11-9-2-1-8(10(12)7-9)3-5-15-6-4-13-14-15/h1-2,4,6-7H,3,5H2. The lowest BCUT2D eigenvalue weighted by molar-refractivity contribution is 0.589. The Morgan fingerprint density at radius 3 is 2.80 bits per heavy atom. The van der Waals surface area contributed by atoms with Gasteiger partial charge in [-0.25, -0.2) is 0 Å². The Bertz CT molecular complexity index is 440. The topological polar surface area (TPSA) is 30.7 Å². The molecule has 0 fully saturated rings. The normalized spacial score (nSPS) is 10.5. The van der Waals surface area contributed by atoms with Crippen molar-refractivity contribution in [2.75, 3.05) is 0 Å². The molecule has 0 bridgehead atoms. The predicted molar refractivity (Wildman–Crippen MR) is 60.2 cm³/mol. The Balaban J connectivity index is 2.05. The van der Waals surface area contributed by atoms with Crippen molar-refractivity contribution >= 4 is 23.2 Å². The molecule has 15 heavy (non-hydrogen) atoms. The van der Waals surface area contributed by atoms with Crippen LogP contribution in [0.1, 0.15) is 5.56 Å². The number of nitrogens with zero attached hydrogens (tertiary/aromatic N) is 3. The van der Waals surface area contributed by atoms with Gasteiger partial charge in [0.25, 0.3) is 0 Å². The zero-order valence-electron chi connectivity index (χ0n) is 7.90. The van der Waals surface area contributed by atoms with E-state index in [1.165, 1.54) is 0 Å². The smallest absolute Gasteiger partial charge is 0.0692 e. The number of hydrogen-bond donors (Lipinski definition) is 0. The van der Waals surface area contributed by atoms with Crippen LogP contribution in [0.25, 0.3) is 0 Å². The summed E-state index contributed by atoms with van der Waals surface area (Å²) in [4.78, 5) is 0. The van der Waals surface area contributed by atoms with E-state index in [9.17, 15) is 0 Å². The van der Waals surface area contributed by atoms with Gasteiger partial charge in [0.1, 0.15) is 0 Å². The molecule has 1 aromatic carbocycles. The van der Waals surface area contributed by atoms with Gasteiger partial charge in [0.15, 0.2) is 0 Å². The molecule has 1 heterocycles. The Labute approximate surface area is 97.6 Å². The number of hydrogen-bond acceptors (Lipinski definition) is 2. The third-order valence-corrected chi connectivity index (χ3v) is 2.68. The molecule has 5 heteroatoms. The summed E-state index contributed by atoms with van der Waals surface area (Å²) in [6, 6.07) is 5.52. The van der Waals surface area contributed by atoms with Crippen LogP contribution in [-0.4, -0.2) is 15.0 Å². The molecule has 2 aromatic rings. The minimum Gasteiger partial charge on any atom is -0.252 e. The number of aryl methyl sites for hydroxylation is 2. The SMILES string of the molecule is Clc1ccc(CCn2ccnn2)c(Cl)c1. The molecule has 0 aliphatic heterocycles. The van der Waals surface area contributed by atoms with Crippen LogP contribution < -0.4 is 0 Å². The van der Waals surface area contributed by atoms with Gasteiger partial charge in [-0.15, -0.1) is 5.10 Å². The number of halogens is 2. The van der Waals surface area contributed by atoms with Crippen LogP contribution in [0.5, 0.6) is 0 Å². The summed E-state index contributed by atoms with van der Waals surface area (Å²) in [6.07, 6.45) is 4.30. The number of benzene rings is 1. The van der Waals surface area contributed by atoms with E-state index in [0.717, 1.165) is 18.5 Å². The fourth-order valence-electron chi connectivity index (χ4n) is 1.31. The largest absolute Gasteiger partial charge is 0.252 e. The average Bonchev–Trinajstić information content (AvgIpc) is 2.69. The lowest BCUT2D eigenvalue weighted by Crippen LogP contribution is -2.02. The van der Waals surface area contributed by atoms with E-state index in [-0.39, 0.29) is 0 Å². The predicted octanol–water partition coefficient (Wildman–Crippen LogP) is 2.83. The maximum absolute atomic E-state index is 6.04. The Hall–Kier alpha value is -1.06. The number of aromatic nitrogens is 3. The van der Waals surface area contributed by atoms with Gasteiger partial charge in [-0.3, -0.25) is 4.68 Å². The van der Waals surface area contributed by atoms with E-state index < -0.39 is 0 Å². The van der Waals surface area contributed by atoms with Gasteiger partial charge in [0.2, 0.25) is 0 Å². The molecular formula is C10H9Cl2N3. The second-order valence-electron chi connectivity index (χ2n) is 3.15. The molecule has 0 amide bonds. The van der Waals surface area contributed by atoms with Crippen molar-refractivity contribution in [2.45, 2.75) is 13.0 Å². The van der Waals surface area contributed by atoms with Crippen LogP contribution in [0, 0.1) is 0 Å². The van der Waals surface area contributed by atoms with Gasteiger partial charge in [-0.05, 0) is 24.1 Å². The lowest BCUT2D eigenvalue weighted by Gasteiger charge is -2.04. The van der Waals surface area contributed by atoms with Crippen molar-refractivity contribution in [1.82, 2.24) is 15.0 Å². The molecule has 0 saturated heterocycles. The van der Waals surface area contributed by atoms with Crippen molar-refractivity contribution in [3.63, 3.8) is 0 Å². The zero-order valence-corrected chi connectivity index (χ0v) is 9.41.